The molecule has 0 spiro atoms. The molecule has 1 saturated heterocycles. The van der Waals surface area contributed by atoms with E-state index in [1.165, 1.54) is 0 Å². The van der Waals surface area contributed by atoms with Crippen LogP contribution >= 0.6 is 0 Å². The molecule has 0 aromatic rings. The van der Waals surface area contributed by atoms with Gasteiger partial charge in [-0.25, -0.2) is 0 Å². The number of hydrogen-bond donors (Lipinski definition) is 3. The molecule has 0 unspecified atom stereocenters. The maximum atomic E-state index is 8.61. The summed E-state index contributed by atoms with van der Waals surface area (Å²) in [5.74, 6) is -2.10. The minimum Gasteiger partial charge on any atom is -0.361 e. The van der Waals surface area contributed by atoms with E-state index in [2.05, 4.69) is 4.74 Å². The quantitative estimate of drug-likeness (QED) is 0.356. The molecule has 0 atom stereocenters. The molecular weight excluding hydrogens is 112 g/mol. The Morgan fingerprint density at radius 1 is 1.50 bits per heavy atom. The largest absolute Gasteiger partial charge is 0.361 e. The number of rotatable bonds is 0. The molecule has 1 aliphatic rings. The molecule has 1 radical (unpaired) electrons. The van der Waals surface area contributed by atoms with E-state index in [4.69, 9.17) is 15.3 Å². The molecule has 0 saturated carbocycles. The Kier molecular flexibility index (Phi) is 1.24. The first-order valence-corrected chi connectivity index (χ1v) is 2.27. The molecular formula is C4H7O4. The van der Waals surface area contributed by atoms with Crippen LogP contribution in [-0.4, -0.2) is 27.7 Å². The van der Waals surface area contributed by atoms with Gasteiger partial charge in [0.05, 0.1) is 6.61 Å². The van der Waals surface area contributed by atoms with Crippen LogP contribution in [0.25, 0.3) is 0 Å². The Morgan fingerprint density at radius 3 is 2.25 bits per heavy atom. The van der Waals surface area contributed by atoms with Crippen LogP contribution in [0.5, 0.6) is 0 Å². The first-order valence-electron chi connectivity index (χ1n) is 2.27. The second kappa shape index (κ2) is 1.66. The van der Waals surface area contributed by atoms with Gasteiger partial charge in [0, 0.05) is 6.42 Å². The second-order valence-electron chi connectivity index (χ2n) is 1.72. The Bertz CT molecular complexity index is 90.0. The molecule has 1 rings (SSSR count). The molecule has 0 aliphatic carbocycles. The molecule has 1 heterocycles. The van der Waals surface area contributed by atoms with Crippen LogP contribution in [0, 0.1) is 6.29 Å². The van der Waals surface area contributed by atoms with Crippen LogP contribution in [0.2, 0.25) is 0 Å². The van der Waals surface area contributed by atoms with E-state index in [0.717, 1.165) is 0 Å². The van der Waals surface area contributed by atoms with Crippen molar-refractivity contribution in [2.45, 2.75) is 12.2 Å². The van der Waals surface area contributed by atoms with E-state index in [9.17, 15) is 0 Å². The summed E-state index contributed by atoms with van der Waals surface area (Å²) < 4.78 is 4.34. The van der Waals surface area contributed by atoms with Crippen molar-refractivity contribution in [1.29, 1.82) is 0 Å². The van der Waals surface area contributed by atoms with E-state index >= 15 is 0 Å². The standard InChI is InChI=1S/C4H7O4/c5-3-4(6,7)1-2-8-3/h5-7H,1-2H2. The summed E-state index contributed by atoms with van der Waals surface area (Å²) in [4.78, 5) is 0. The molecule has 4 heteroatoms. The number of aliphatic hydroxyl groups is 3. The molecule has 1 fully saturated rings. The topological polar surface area (TPSA) is 69.9 Å². The molecule has 47 valence electrons. The third-order valence-electron chi connectivity index (χ3n) is 1.03. The van der Waals surface area contributed by atoms with Crippen molar-refractivity contribution in [3.8, 4) is 0 Å². The first-order chi connectivity index (χ1) is 3.63. The lowest BCUT2D eigenvalue weighted by Gasteiger charge is -2.13. The van der Waals surface area contributed by atoms with Crippen molar-refractivity contribution < 1.29 is 20.1 Å². The third-order valence-corrected chi connectivity index (χ3v) is 1.03. The zero-order valence-corrected chi connectivity index (χ0v) is 4.16. The summed E-state index contributed by atoms with van der Waals surface area (Å²) in [7, 11) is 0. The van der Waals surface area contributed by atoms with Crippen LogP contribution < -0.4 is 0 Å². The molecule has 8 heavy (non-hydrogen) atoms. The van der Waals surface area contributed by atoms with E-state index in [-0.39, 0.29) is 13.0 Å². The highest BCUT2D eigenvalue weighted by Crippen LogP contribution is 2.25. The van der Waals surface area contributed by atoms with Crippen molar-refractivity contribution in [3.05, 3.63) is 6.29 Å². The van der Waals surface area contributed by atoms with Crippen molar-refractivity contribution >= 4 is 0 Å². The second-order valence-corrected chi connectivity index (χ2v) is 1.72. The van der Waals surface area contributed by atoms with E-state index in [0.29, 0.717) is 0 Å². The van der Waals surface area contributed by atoms with Gasteiger partial charge in [-0.1, -0.05) is 0 Å². The van der Waals surface area contributed by atoms with E-state index < -0.39 is 12.1 Å². The molecule has 4 nitrogen and oxygen atoms in total. The van der Waals surface area contributed by atoms with Gasteiger partial charge >= 0.3 is 0 Å². The van der Waals surface area contributed by atoms with Gasteiger partial charge < -0.3 is 20.1 Å². The smallest absolute Gasteiger partial charge is 0.282 e. The molecule has 1 aliphatic heterocycles. The lowest BCUT2D eigenvalue weighted by atomic mass is 10.2. The van der Waals surface area contributed by atoms with Gasteiger partial charge in [0.15, 0.2) is 0 Å². The Balaban J connectivity index is 2.54. The van der Waals surface area contributed by atoms with Gasteiger partial charge in [0.2, 0.25) is 5.79 Å². The maximum Gasteiger partial charge on any atom is 0.282 e. The summed E-state index contributed by atoms with van der Waals surface area (Å²) in [6, 6.07) is 0. The number of ether oxygens (including phenoxy) is 1. The van der Waals surface area contributed by atoms with Gasteiger partial charge in [0.1, 0.15) is 0 Å². The van der Waals surface area contributed by atoms with E-state index in [1.54, 1.807) is 0 Å². The highest BCUT2D eigenvalue weighted by molar-refractivity contribution is 4.87. The van der Waals surface area contributed by atoms with Crippen LogP contribution in [0.1, 0.15) is 6.42 Å². The summed E-state index contributed by atoms with van der Waals surface area (Å²) in [6.45, 7) is 0.166. The molecule has 0 aromatic carbocycles. The lowest BCUT2D eigenvalue weighted by molar-refractivity contribution is -0.197. The SMILES string of the molecule is O[C]1OCCC1(O)O. The average molecular weight is 119 g/mol. The zero-order chi connectivity index (χ0) is 6.20. The fourth-order valence-electron chi connectivity index (χ4n) is 0.513. The average Bonchev–Trinajstić information content (AvgIpc) is 1.86. The van der Waals surface area contributed by atoms with Gasteiger partial charge in [0.25, 0.3) is 6.29 Å². The Labute approximate surface area is 46.3 Å². The van der Waals surface area contributed by atoms with Gasteiger partial charge in [-0.2, -0.15) is 0 Å². The predicted octanol–water partition coefficient (Wildman–Crippen LogP) is -1.05. The molecule has 0 amide bonds. The van der Waals surface area contributed by atoms with Crippen molar-refractivity contribution in [2.24, 2.45) is 0 Å². The predicted molar refractivity (Wildman–Crippen MR) is 22.9 cm³/mol. The highest BCUT2D eigenvalue weighted by atomic mass is 16.7. The molecule has 0 bridgehead atoms. The lowest BCUT2D eigenvalue weighted by Crippen LogP contribution is -2.30. The first kappa shape index (κ1) is 5.97. The minimum absolute atomic E-state index is 0.0405. The Hall–Kier alpha value is -0.160. The molecule has 3 N–H and O–H groups in total. The van der Waals surface area contributed by atoms with Crippen molar-refractivity contribution in [1.82, 2.24) is 0 Å². The fourth-order valence-corrected chi connectivity index (χ4v) is 0.513. The third kappa shape index (κ3) is 0.830. The summed E-state index contributed by atoms with van der Waals surface area (Å²) >= 11 is 0. The maximum absolute atomic E-state index is 8.61. The zero-order valence-electron chi connectivity index (χ0n) is 4.16. The van der Waals surface area contributed by atoms with Gasteiger partial charge in [-0.05, 0) is 0 Å². The summed E-state index contributed by atoms with van der Waals surface area (Å²) in [5, 5.41) is 25.7. The van der Waals surface area contributed by atoms with Crippen LogP contribution in [-0.2, 0) is 4.74 Å². The monoisotopic (exact) mass is 119 g/mol. The number of aliphatic hydroxyl groups excluding tert-OH is 1. The van der Waals surface area contributed by atoms with Crippen LogP contribution in [0.15, 0.2) is 0 Å². The van der Waals surface area contributed by atoms with Crippen LogP contribution in [0.4, 0.5) is 0 Å². The number of hydrogen-bond acceptors (Lipinski definition) is 4. The van der Waals surface area contributed by atoms with Crippen LogP contribution in [0.3, 0.4) is 0 Å². The highest BCUT2D eigenvalue weighted by Gasteiger charge is 2.41. The summed E-state index contributed by atoms with van der Waals surface area (Å²) in [5.41, 5.74) is 0. The molecule has 0 aromatic heterocycles. The van der Waals surface area contributed by atoms with Gasteiger partial charge in [-0.3, -0.25) is 0 Å². The minimum atomic E-state index is -2.10. The van der Waals surface area contributed by atoms with E-state index in [1.807, 2.05) is 0 Å². The summed E-state index contributed by atoms with van der Waals surface area (Å²) in [6.07, 6.45) is -0.656. The Morgan fingerprint density at radius 2 is 2.12 bits per heavy atom. The van der Waals surface area contributed by atoms with Crippen molar-refractivity contribution in [2.75, 3.05) is 6.61 Å². The normalized spacial score (nSPS) is 28.9. The van der Waals surface area contributed by atoms with Gasteiger partial charge in [-0.15, -0.1) is 0 Å². The van der Waals surface area contributed by atoms with Crippen molar-refractivity contribution in [3.63, 3.8) is 0 Å². The fraction of sp³-hybridized carbons (Fsp3) is 0.750.